The number of anilines is 2. The largest absolute Gasteiger partial charge is 0.433 e. The first-order valence-electron chi connectivity index (χ1n) is 9.66. The van der Waals surface area contributed by atoms with Gasteiger partial charge in [0.1, 0.15) is 5.69 Å². The molecule has 0 fully saturated rings. The quantitative estimate of drug-likeness (QED) is 0.433. The SMILES string of the molecule is CS(=O)(=O)N(Cc1ccc(Cl)cc1Cl)c1ccc(NC(=O)Cc2ccc(C(F)(F)F)nc2)cc1. The molecule has 0 radical (unpaired) electrons. The standard InChI is InChI=1S/C22H18Cl2F3N3O3S/c1-34(32,33)30(13-15-3-4-16(23)11-19(15)24)18-7-5-17(6-8-18)29-21(31)10-14-2-9-20(28-12-14)22(25,26)27/h2-9,11-12H,10,13H2,1H3,(H,29,31). The summed E-state index contributed by atoms with van der Waals surface area (Å²) in [6, 6.07) is 12.8. The lowest BCUT2D eigenvalue weighted by atomic mass is 10.2. The number of hydrogen-bond acceptors (Lipinski definition) is 4. The van der Waals surface area contributed by atoms with Crippen molar-refractivity contribution in [3.05, 3.63) is 87.7 Å². The fourth-order valence-corrected chi connectivity index (χ4v) is 4.35. The van der Waals surface area contributed by atoms with Crippen LogP contribution in [0.2, 0.25) is 10.0 Å². The summed E-state index contributed by atoms with van der Waals surface area (Å²) in [7, 11) is -3.67. The minimum absolute atomic E-state index is 0.0263. The van der Waals surface area contributed by atoms with E-state index in [4.69, 9.17) is 23.2 Å². The Morgan fingerprint density at radius 3 is 2.26 bits per heavy atom. The molecular weight excluding hydrogens is 514 g/mol. The summed E-state index contributed by atoms with van der Waals surface area (Å²) in [6.45, 7) is -0.0263. The number of pyridine rings is 1. The van der Waals surface area contributed by atoms with Gasteiger partial charge in [-0.15, -0.1) is 0 Å². The van der Waals surface area contributed by atoms with Gasteiger partial charge in [-0.1, -0.05) is 35.3 Å². The van der Waals surface area contributed by atoms with Crippen molar-refractivity contribution in [3.63, 3.8) is 0 Å². The van der Waals surface area contributed by atoms with E-state index in [1.807, 2.05) is 0 Å². The number of sulfonamides is 1. The molecule has 0 saturated heterocycles. The van der Waals surface area contributed by atoms with Crippen LogP contribution in [0.25, 0.3) is 0 Å². The fraction of sp³-hybridized carbons (Fsp3) is 0.182. The van der Waals surface area contributed by atoms with E-state index in [2.05, 4.69) is 10.3 Å². The molecular formula is C22H18Cl2F3N3O3S. The maximum Gasteiger partial charge on any atom is 0.433 e. The van der Waals surface area contributed by atoms with Crippen molar-refractivity contribution in [2.75, 3.05) is 15.9 Å². The highest BCUT2D eigenvalue weighted by Gasteiger charge is 2.32. The predicted octanol–water partition coefficient (Wildman–Crippen LogP) is 5.55. The van der Waals surface area contributed by atoms with Gasteiger partial charge in [-0.3, -0.25) is 14.1 Å². The number of aromatic nitrogens is 1. The third-order valence-electron chi connectivity index (χ3n) is 4.65. The van der Waals surface area contributed by atoms with E-state index < -0.39 is 27.8 Å². The van der Waals surface area contributed by atoms with Gasteiger partial charge in [0.15, 0.2) is 0 Å². The molecule has 6 nitrogen and oxygen atoms in total. The maximum atomic E-state index is 12.6. The van der Waals surface area contributed by atoms with Gasteiger partial charge in [-0.25, -0.2) is 8.42 Å². The number of hydrogen-bond donors (Lipinski definition) is 1. The number of alkyl halides is 3. The van der Waals surface area contributed by atoms with Crippen LogP contribution in [0.4, 0.5) is 24.5 Å². The topological polar surface area (TPSA) is 79.4 Å². The number of rotatable bonds is 7. The Balaban J connectivity index is 1.70. The lowest BCUT2D eigenvalue weighted by Gasteiger charge is -2.23. The van der Waals surface area contributed by atoms with E-state index in [-0.39, 0.29) is 13.0 Å². The van der Waals surface area contributed by atoms with E-state index in [9.17, 15) is 26.4 Å². The van der Waals surface area contributed by atoms with E-state index >= 15 is 0 Å². The van der Waals surface area contributed by atoms with E-state index in [1.54, 1.807) is 12.1 Å². The van der Waals surface area contributed by atoms with Crippen molar-refractivity contribution < 1.29 is 26.4 Å². The van der Waals surface area contributed by atoms with Crippen LogP contribution in [0.5, 0.6) is 0 Å². The Kier molecular flexibility index (Phi) is 7.74. The van der Waals surface area contributed by atoms with Crippen LogP contribution >= 0.6 is 23.2 Å². The Morgan fingerprint density at radius 1 is 1.06 bits per heavy atom. The molecule has 0 spiro atoms. The predicted molar refractivity (Wildman–Crippen MR) is 126 cm³/mol. The summed E-state index contributed by atoms with van der Waals surface area (Å²) in [4.78, 5) is 15.6. The van der Waals surface area contributed by atoms with Crippen molar-refractivity contribution in [1.29, 1.82) is 0 Å². The average Bonchev–Trinajstić information content (AvgIpc) is 2.73. The molecule has 1 heterocycles. The van der Waals surface area contributed by atoms with Crippen LogP contribution in [0.1, 0.15) is 16.8 Å². The summed E-state index contributed by atoms with van der Waals surface area (Å²) in [6.07, 6.45) is -2.68. The van der Waals surface area contributed by atoms with Gasteiger partial charge in [0, 0.05) is 21.9 Å². The Labute approximate surface area is 204 Å². The molecule has 3 rings (SSSR count). The zero-order chi connectivity index (χ0) is 25.1. The second kappa shape index (κ2) is 10.2. The molecule has 3 aromatic rings. The summed E-state index contributed by atoms with van der Waals surface area (Å²) in [5.74, 6) is -0.470. The average molecular weight is 532 g/mol. The second-order valence-corrected chi connectivity index (χ2v) is 10.1. The summed E-state index contributed by atoms with van der Waals surface area (Å²) < 4.78 is 63.7. The zero-order valence-electron chi connectivity index (χ0n) is 17.6. The molecule has 0 aliphatic rings. The molecule has 0 bridgehead atoms. The molecule has 34 heavy (non-hydrogen) atoms. The summed E-state index contributed by atoms with van der Waals surface area (Å²) >= 11 is 12.1. The Hall–Kier alpha value is -2.82. The van der Waals surface area contributed by atoms with Gasteiger partial charge in [-0.2, -0.15) is 13.2 Å². The molecule has 12 heteroatoms. The first-order valence-corrected chi connectivity index (χ1v) is 12.3. The highest BCUT2D eigenvalue weighted by Crippen LogP contribution is 2.28. The molecule has 1 aromatic heterocycles. The normalized spacial score (nSPS) is 11.8. The monoisotopic (exact) mass is 531 g/mol. The van der Waals surface area contributed by atoms with Crippen LogP contribution < -0.4 is 9.62 Å². The van der Waals surface area contributed by atoms with E-state index in [0.29, 0.717) is 32.5 Å². The summed E-state index contributed by atoms with van der Waals surface area (Å²) in [5, 5.41) is 3.36. The molecule has 1 N–H and O–H groups in total. The Bertz CT molecular complexity index is 1280. The highest BCUT2D eigenvalue weighted by molar-refractivity contribution is 7.92. The van der Waals surface area contributed by atoms with Crippen LogP contribution in [-0.2, 0) is 34.0 Å². The van der Waals surface area contributed by atoms with Gasteiger partial charge in [0.2, 0.25) is 15.9 Å². The third-order valence-corrected chi connectivity index (χ3v) is 6.38. The fourth-order valence-electron chi connectivity index (χ4n) is 3.00. The lowest BCUT2D eigenvalue weighted by molar-refractivity contribution is -0.141. The van der Waals surface area contributed by atoms with Crippen molar-refractivity contribution in [2.24, 2.45) is 0 Å². The van der Waals surface area contributed by atoms with Gasteiger partial charge in [0.25, 0.3) is 0 Å². The Morgan fingerprint density at radius 2 is 1.74 bits per heavy atom. The van der Waals surface area contributed by atoms with Crippen LogP contribution in [0.15, 0.2) is 60.8 Å². The molecule has 0 aliphatic carbocycles. The van der Waals surface area contributed by atoms with Crippen molar-refractivity contribution >= 4 is 50.5 Å². The molecule has 0 aliphatic heterocycles. The van der Waals surface area contributed by atoms with Crippen molar-refractivity contribution in [2.45, 2.75) is 19.1 Å². The first kappa shape index (κ1) is 25.8. The van der Waals surface area contributed by atoms with Gasteiger partial charge in [-0.05, 0) is 53.6 Å². The molecule has 0 saturated carbocycles. The minimum atomic E-state index is -4.55. The van der Waals surface area contributed by atoms with Gasteiger partial charge >= 0.3 is 6.18 Å². The molecule has 2 aromatic carbocycles. The number of halogens is 5. The van der Waals surface area contributed by atoms with Gasteiger partial charge in [0.05, 0.1) is 24.9 Å². The van der Waals surface area contributed by atoms with Crippen LogP contribution in [-0.4, -0.2) is 25.6 Å². The van der Waals surface area contributed by atoms with Crippen molar-refractivity contribution in [3.8, 4) is 0 Å². The van der Waals surface area contributed by atoms with Gasteiger partial charge < -0.3 is 5.32 Å². The number of carbonyl (C=O) groups excluding carboxylic acids is 1. The third kappa shape index (κ3) is 6.85. The summed E-state index contributed by atoms with van der Waals surface area (Å²) in [5.41, 5.74) is 0.553. The molecule has 1 amide bonds. The zero-order valence-corrected chi connectivity index (χ0v) is 19.9. The number of nitrogens with one attached hydrogen (secondary N) is 1. The highest BCUT2D eigenvalue weighted by atomic mass is 35.5. The molecule has 180 valence electrons. The number of nitrogens with zero attached hydrogens (tertiary/aromatic N) is 2. The number of amides is 1. The van der Waals surface area contributed by atoms with Crippen LogP contribution in [0.3, 0.4) is 0 Å². The van der Waals surface area contributed by atoms with E-state index in [0.717, 1.165) is 22.8 Å². The lowest BCUT2D eigenvalue weighted by Crippen LogP contribution is -2.29. The number of carbonyl (C=O) groups is 1. The smallest absolute Gasteiger partial charge is 0.326 e. The maximum absolute atomic E-state index is 12.6. The van der Waals surface area contributed by atoms with E-state index in [1.165, 1.54) is 36.4 Å². The first-order chi connectivity index (χ1) is 15.8. The molecule has 0 atom stereocenters. The van der Waals surface area contributed by atoms with Crippen LogP contribution in [0, 0.1) is 0 Å². The number of benzene rings is 2. The van der Waals surface area contributed by atoms with Crippen molar-refractivity contribution in [1.82, 2.24) is 4.98 Å². The molecule has 0 unspecified atom stereocenters. The minimum Gasteiger partial charge on any atom is -0.326 e. The second-order valence-electron chi connectivity index (χ2n) is 7.33.